The molecule has 2 aliphatic rings. The first kappa shape index (κ1) is 35.5. The monoisotopic (exact) mass is 713 g/mol. The third-order valence-electron chi connectivity index (χ3n) is 10.7. The van der Waals surface area contributed by atoms with Crippen molar-refractivity contribution in [3.8, 4) is 16.9 Å². The first-order valence-electron chi connectivity index (χ1n) is 18.2. The van der Waals surface area contributed by atoms with Crippen molar-refractivity contribution < 1.29 is 18.7 Å². The first-order chi connectivity index (χ1) is 24.3. The molecule has 0 bridgehead atoms. The van der Waals surface area contributed by atoms with Crippen LogP contribution >= 0.6 is 11.6 Å². The van der Waals surface area contributed by atoms with Crippen molar-refractivity contribution in [2.75, 3.05) is 39.3 Å². The van der Waals surface area contributed by atoms with E-state index < -0.39 is 5.60 Å². The average Bonchev–Trinajstić information content (AvgIpc) is 3.51. The lowest BCUT2D eigenvalue weighted by molar-refractivity contribution is -0.0244. The Morgan fingerprint density at radius 2 is 1.76 bits per heavy atom. The molecule has 10 heteroatoms. The molecule has 0 atom stereocenters. The molecule has 8 nitrogen and oxygen atoms in total. The number of hydrogen-bond acceptors (Lipinski definition) is 6. The zero-order valence-corrected chi connectivity index (χ0v) is 31.4. The van der Waals surface area contributed by atoms with E-state index in [1.165, 1.54) is 25.0 Å². The zero-order chi connectivity index (χ0) is 36.1. The van der Waals surface area contributed by atoms with Crippen LogP contribution in [0.2, 0.25) is 5.02 Å². The molecule has 0 saturated carbocycles. The molecule has 2 aliphatic heterocycles. The minimum atomic E-state index is -0.678. The second-order valence-electron chi connectivity index (χ2n) is 15.5. The number of aryl methyl sites for hydroxylation is 3. The summed E-state index contributed by atoms with van der Waals surface area (Å²) >= 11 is 7.13. The fourth-order valence-electron chi connectivity index (χ4n) is 8.26. The number of likely N-dealkylation sites (tertiary alicyclic amines) is 1. The van der Waals surface area contributed by atoms with Crippen molar-refractivity contribution in [3.63, 3.8) is 0 Å². The Morgan fingerprint density at radius 1 is 1.02 bits per heavy atom. The van der Waals surface area contributed by atoms with Crippen molar-refractivity contribution >= 4 is 39.2 Å². The molecule has 1 N–H and O–H groups in total. The van der Waals surface area contributed by atoms with Crippen LogP contribution in [0.3, 0.4) is 0 Å². The Kier molecular flexibility index (Phi) is 9.67. The molecule has 3 aromatic carbocycles. The van der Waals surface area contributed by atoms with Crippen molar-refractivity contribution in [2.24, 2.45) is 12.5 Å². The van der Waals surface area contributed by atoms with Gasteiger partial charge in [-0.15, -0.1) is 0 Å². The second-order valence-corrected chi connectivity index (χ2v) is 15.9. The number of ether oxygens (including phenoxy) is 2. The summed E-state index contributed by atoms with van der Waals surface area (Å²) in [4.78, 5) is 16.9. The van der Waals surface area contributed by atoms with E-state index in [4.69, 9.17) is 26.2 Å². The van der Waals surface area contributed by atoms with E-state index in [0.717, 1.165) is 82.5 Å². The van der Waals surface area contributed by atoms with Gasteiger partial charge in [0, 0.05) is 60.8 Å². The van der Waals surface area contributed by atoms with Gasteiger partial charge in [-0.2, -0.15) is 5.10 Å². The van der Waals surface area contributed by atoms with Gasteiger partial charge in [-0.05, 0) is 120 Å². The van der Waals surface area contributed by atoms with E-state index in [2.05, 4.69) is 27.8 Å². The van der Waals surface area contributed by atoms with Gasteiger partial charge >= 0.3 is 5.97 Å². The fraction of sp³-hybridized carbons (Fsp3) is 0.463. The molecule has 0 unspecified atom stereocenters. The van der Waals surface area contributed by atoms with Crippen LogP contribution < -0.4 is 10.1 Å². The number of nitrogens with one attached hydrogen (secondary N) is 1. The number of halogens is 2. The number of piperidine rings is 1. The van der Waals surface area contributed by atoms with Crippen molar-refractivity contribution in [1.29, 1.82) is 0 Å². The van der Waals surface area contributed by atoms with E-state index in [9.17, 15) is 9.18 Å². The smallest absolute Gasteiger partial charge is 0.355 e. The van der Waals surface area contributed by atoms with E-state index in [1.54, 1.807) is 6.07 Å². The maximum absolute atomic E-state index is 14.4. The number of hydrogen-bond donors (Lipinski definition) is 1. The van der Waals surface area contributed by atoms with E-state index in [1.807, 2.05) is 63.7 Å². The number of aromatic nitrogens is 3. The Labute approximate surface area is 304 Å². The van der Waals surface area contributed by atoms with Gasteiger partial charge in [-0.3, -0.25) is 4.68 Å². The summed E-state index contributed by atoms with van der Waals surface area (Å²) in [7, 11) is 1.95. The number of nitrogens with zero attached hydrogens (tertiary/aromatic N) is 4. The third-order valence-corrected chi connectivity index (χ3v) is 11.0. The Bertz CT molecular complexity index is 2100. The number of fused-ring (bicyclic) bond motifs is 2. The molecule has 2 fully saturated rings. The molecular weight excluding hydrogens is 665 g/mol. The van der Waals surface area contributed by atoms with E-state index >= 15 is 0 Å². The molecule has 0 radical (unpaired) electrons. The van der Waals surface area contributed by atoms with Gasteiger partial charge < -0.3 is 24.3 Å². The van der Waals surface area contributed by atoms with E-state index in [0.29, 0.717) is 47.9 Å². The molecule has 51 heavy (non-hydrogen) atoms. The predicted molar refractivity (Wildman–Crippen MR) is 202 cm³/mol. The third kappa shape index (κ3) is 7.00. The van der Waals surface area contributed by atoms with Crippen LogP contribution in [0.15, 0.2) is 48.5 Å². The lowest BCUT2D eigenvalue weighted by Gasteiger charge is -2.52. The van der Waals surface area contributed by atoms with Gasteiger partial charge in [-0.25, -0.2) is 9.18 Å². The molecule has 1 spiro atoms. The summed E-state index contributed by atoms with van der Waals surface area (Å²) in [5.74, 6) is 0.0903. The van der Waals surface area contributed by atoms with Crippen LogP contribution in [0.25, 0.3) is 32.8 Å². The van der Waals surface area contributed by atoms with Crippen LogP contribution in [-0.4, -0.2) is 70.1 Å². The van der Waals surface area contributed by atoms with Gasteiger partial charge in [-0.1, -0.05) is 29.8 Å². The molecule has 0 amide bonds. The summed E-state index contributed by atoms with van der Waals surface area (Å²) in [6, 6.07) is 14.4. The summed E-state index contributed by atoms with van der Waals surface area (Å²) < 4.78 is 30.4. The topological polar surface area (TPSA) is 73.6 Å². The minimum absolute atomic E-state index is 0.276. The van der Waals surface area contributed by atoms with Crippen LogP contribution in [0.1, 0.15) is 67.5 Å². The number of rotatable bonds is 10. The molecule has 5 aromatic rings. The van der Waals surface area contributed by atoms with Gasteiger partial charge in [0.15, 0.2) is 0 Å². The highest BCUT2D eigenvalue weighted by atomic mass is 35.5. The number of carbonyl (C=O) groups is 1. The van der Waals surface area contributed by atoms with Crippen LogP contribution in [-0.2, 0) is 24.8 Å². The Morgan fingerprint density at radius 3 is 2.47 bits per heavy atom. The summed E-state index contributed by atoms with van der Waals surface area (Å²) in [5.41, 5.74) is 5.94. The highest BCUT2D eigenvalue weighted by molar-refractivity contribution is 6.35. The lowest BCUT2D eigenvalue weighted by Crippen LogP contribution is -2.60. The predicted octanol–water partition coefficient (Wildman–Crippen LogP) is 8.26. The molecule has 4 heterocycles. The standard InChI is InChI=1S/C41H49ClFN5O3/c1-26-35(27(2)46(6)45-26)36-33(42)15-14-32-31(10-8-22-50-34-11-7-9-28-23-29(43)12-13-30(28)34)38(39(49)51-40(3,4)5)48(37(32)36)21-20-47-24-41(25-47)16-18-44-19-17-41/h7,9,11-15,23,44H,8,10,16-22,24-25H2,1-6H3. The SMILES string of the molecule is Cc1nn(C)c(C)c1-c1c(Cl)ccc2c(CCCOc3cccc4cc(F)ccc34)c(C(=O)OC(C)(C)C)n(CCN3CC4(CCNCC4)C3)c12. The van der Waals surface area contributed by atoms with Gasteiger partial charge in [0.1, 0.15) is 22.9 Å². The second kappa shape index (κ2) is 13.9. The normalized spacial score (nSPS) is 16.2. The highest BCUT2D eigenvalue weighted by Gasteiger charge is 2.43. The van der Waals surface area contributed by atoms with Crippen LogP contribution in [0.4, 0.5) is 4.39 Å². The molecule has 2 saturated heterocycles. The molecular formula is C41H49ClFN5O3. The molecule has 0 aliphatic carbocycles. The minimum Gasteiger partial charge on any atom is -0.493 e. The quantitative estimate of drug-likeness (QED) is 0.116. The summed E-state index contributed by atoms with van der Waals surface area (Å²) in [6.45, 7) is 16.0. The number of carbonyl (C=O) groups excluding carboxylic acids is 1. The molecule has 270 valence electrons. The number of esters is 1. The maximum atomic E-state index is 14.4. The molecule has 7 rings (SSSR count). The van der Waals surface area contributed by atoms with Gasteiger partial charge in [0.2, 0.25) is 0 Å². The van der Waals surface area contributed by atoms with Gasteiger partial charge in [0.25, 0.3) is 0 Å². The Balaban J connectivity index is 1.28. The zero-order valence-electron chi connectivity index (χ0n) is 30.7. The lowest BCUT2D eigenvalue weighted by atomic mass is 9.72. The largest absolute Gasteiger partial charge is 0.493 e. The van der Waals surface area contributed by atoms with Crippen molar-refractivity contribution in [3.05, 3.63) is 82.0 Å². The first-order valence-corrected chi connectivity index (χ1v) is 18.5. The van der Waals surface area contributed by atoms with Crippen LogP contribution in [0, 0.1) is 25.1 Å². The summed E-state index contributed by atoms with van der Waals surface area (Å²) in [6.07, 6.45) is 3.65. The van der Waals surface area contributed by atoms with Crippen LogP contribution in [0.5, 0.6) is 5.75 Å². The highest BCUT2D eigenvalue weighted by Crippen LogP contribution is 2.43. The Hall–Kier alpha value is -3.92. The van der Waals surface area contributed by atoms with E-state index in [-0.39, 0.29) is 11.8 Å². The van der Waals surface area contributed by atoms with Crippen molar-refractivity contribution in [2.45, 2.75) is 72.4 Å². The van der Waals surface area contributed by atoms with Gasteiger partial charge in [0.05, 0.1) is 22.8 Å². The number of benzene rings is 3. The fourth-order valence-corrected chi connectivity index (χ4v) is 8.51. The van der Waals surface area contributed by atoms with Crippen molar-refractivity contribution in [1.82, 2.24) is 24.6 Å². The average molecular weight is 714 g/mol. The maximum Gasteiger partial charge on any atom is 0.355 e. The molecule has 2 aromatic heterocycles. The summed E-state index contributed by atoms with van der Waals surface area (Å²) in [5, 5.41) is 11.5.